The lowest BCUT2D eigenvalue weighted by molar-refractivity contribution is 0.0691. The molecule has 0 saturated heterocycles. The van der Waals surface area contributed by atoms with Crippen LogP contribution in [-0.4, -0.2) is 41.3 Å². The second-order valence-electron chi connectivity index (χ2n) is 7.99. The predicted octanol–water partition coefficient (Wildman–Crippen LogP) is 5.93. The Morgan fingerprint density at radius 3 is 2.71 bits per heavy atom. The Hall–Kier alpha value is -3.50. The lowest BCUT2D eigenvalue weighted by atomic mass is 9.97. The van der Waals surface area contributed by atoms with Gasteiger partial charge in [-0.25, -0.2) is 9.78 Å². The molecule has 0 spiro atoms. The van der Waals surface area contributed by atoms with Crippen LogP contribution in [0.1, 0.15) is 41.6 Å². The van der Waals surface area contributed by atoms with E-state index < -0.39 is 5.97 Å². The molecule has 1 aromatic carbocycles. The normalized spacial score (nSPS) is 11.4. The average Bonchev–Trinajstić information content (AvgIpc) is 3.57. The number of fused-ring (bicyclic) bond motifs is 1. The van der Waals surface area contributed by atoms with Crippen molar-refractivity contribution in [3.63, 3.8) is 0 Å². The maximum atomic E-state index is 11.8. The fourth-order valence-electron chi connectivity index (χ4n) is 4.28. The van der Waals surface area contributed by atoms with Crippen molar-refractivity contribution in [3.05, 3.63) is 69.6 Å². The molecule has 178 valence electrons. The summed E-state index contributed by atoms with van der Waals surface area (Å²) in [7, 11) is 0. The topological polar surface area (TPSA) is 123 Å². The predicted molar refractivity (Wildman–Crippen MR) is 134 cm³/mol. The van der Waals surface area contributed by atoms with Crippen LogP contribution in [0.4, 0.5) is 0 Å². The molecule has 5 rings (SSSR count). The van der Waals surface area contributed by atoms with E-state index in [1.165, 1.54) is 0 Å². The summed E-state index contributed by atoms with van der Waals surface area (Å²) in [4.78, 5) is 16.2. The first-order valence-corrected chi connectivity index (χ1v) is 12.2. The number of aryl methyl sites for hydroxylation is 1. The third-order valence-electron chi connectivity index (χ3n) is 5.91. The molecule has 3 aromatic rings. The standard InChI is InChI=1S/C24H20BrClN6O3/c1-2-3-8-18-27-21(24(33)34)22(26)32(18)11-16-13-9-10-35-12-17(13)20(25)19(16)14-6-4-5-7-15(14)23-28-30-31-29-23/h4-7,9-10,12H,2-3,8,11H2,1H3,(H,33,34)(H,28,29,30,31). The Morgan fingerprint density at radius 2 is 2.00 bits per heavy atom. The van der Waals surface area contributed by atoms with Gasteiger partial charge in [0.25, 0.3) is 0 Å². The minimum absolute atomic E-state index is 0.104. The summed E-state index contributed by atoms with van der Waals surface area (Å²) in [5.74, 6) is -0.0508. The molecular formula is C24H20BrClN6O3. The molecule has 0 atom stereocenters. The molecule has 0 amide bonds. The quantitative estimate of drug-likeness (QED) is 0.243. The van der Waals surface area contributed by atoms with Crippen molar-refractivity contribution in [2.45, 2.75) is 32.7 Å². The monoisotopic (exact) mass is 554 g/mol. The number of halogens is 2. The summed E-state index contributed by atoms with van der Waals surface area (Å²) >= 11 is 10.4. The van der Waals surface area contributed by atoms with Gasteiger partial charge in [-0.2, -0.15) is 5.21 Å². The van der Waals surface area contributed by atoms with E-state index in [2.05, 4.69) is 48.5 Å². The SMILES string of the molecule is CCCCc1nc(C(=O)O)c(Cl)n1Cc1c2ccocc-2c(Br)c1-c1ccccc1-c1nn[nH]n1. The second-order valence-corrected chi connectivity index (χ2v) is 9.15. The van der Waals surface area contributed by atoms with Gasteiger partial charge in [-0.3, -0.25) is 0 Å². The zero-order valence-electron chi connectivity index (χ0n) is 18.6. The van der Waals surface area contributed by atoms with Gasteiger partial charge in [0.1, 0.15) is 11.0 Å². The summed E-state index contributed by atoms with van der Waals surface area (Å²) in [5, 5.41) is 24.3. The number of H-pyrrole nitrogens is 1. The molecular weight excluding hydrogens is 536 g/mol. The molecule has 0 bridgehead atoms. The number of carboxylic acids is 1. The van der Waals surface area contributed by atoms with E-state index in [0.717, 1.165) is 50.7 Å². The molecule has 0 fully saturated rings. The van der Waals surface area contributed by atoms with E-state index in [9.17, 15) is 9.90 Å². The number of carboxylic acid groups (broad SMARTS) is 1. The largest absolute Gasteiger partial charge is 0.476 e. The third-order valence-corrected chi connectivity index (χ3v) is 7.12. The molecule has 3 heterocycles. The number of nitrogens with one attached hydrogen (secondary N) is 1. The van der Waals surface area contributed by atoms with E-state index in [1.807, 2.05) is 30.3 Å². The van der Waals surface area contributed by atoms with Crippen LogP contribution in [0.25, 0.3) is 33.6 Å². The summed E-state index contributed by atoms with van der Waals surface area (Å²) in [6, 6.07) is 9.66. The zero-order valence-corrected chi connectivity index (χ0v) is 21.0. The van der Waals surface area contributed by atoms with Gasteiger partial charge in [0, 0.05) is 27.6 Å². The van der Waals surface area contributed by atoms with Crippen LogP contribution in [-0.2, 0) is 13.0 Å². The first kappa shape index (κ1) is 23.3. The second kappa shape index (κ2) is 9.63. The minimum Gasteiger partial charge on any atom is -0.476 e. The summed E-state index contributed by atoms with van der Waals surface area (Å²) in [6.45, 7) is 2.39. The zero-order chi connectivity index (χ0) is 24.5. The average molecular weight is 556 g/mol. The highest BCUT2D eigenvalue weighted by Gasteiger charge is 2.28. The van der Waals surface area contributed by atoms with Crippen LogP contribution >= 0.6 is 27.5 Å². The number of aromatic nitrogens is 6. The van der Waals surface area contributed by atoms with Gasteiger partial charge in [-0.1, -0.05) is 49.2 Å². The number of rotatable bonds is 8. The van der Waals surface area contributed by atoms with Crippen molar-refractivity contribution in [1.82, 2.24) is 30.2 Å². The van der Waals surface area contributed by atoms with E-state index >= 15 is 0 Å². The van der Waals surface area contributed by atoms with Gasteiger partial charge in [0.2, 0.25) is 5.82 Å². The fraction of sp³-hybridized carbons (Fsp3) is 0.208. The molecule has 2 aliphatic rings. The molecule has 1 aliphatic carbocycles. The molecule has 35 heavy (non-hydrogen) atoms. The van der Waals surface area contributed by atoms with Gasteiger partial charge >= 0.3 is 5.97 Å². The Morgan fingerprint density at radius 1 is 1.20 bits per heavy atom. The first-order chi connectivity index (χ1) is 17.0. The molecule has 2 aromatic heterocycles. The van der Waals surface area contributed by atoms with E-state index in [4.69, 9.17) is 16.0 Å². The number of aromatic amines is 1. The van der Waals surface area contributed by atoms with E-state index in [1.54, 1.807) is 17.1 Å². The molecule has 1 aliphatic heterocycles. The molecule has 9 nitrogen and oxygen atoms in total. The highest BCUT2D eigenvalue weighted by molar-refractivity contribution is 9.10. The number of benzene rings is 1. The van der Waals surface area contributed by atoms with Crippen LogP contribution in [0.15, 0.2) is 51.7 Å². The van der Waals surface area contributed by atoms with Gasteiger partial charge < -0.3 is 14.1 Å². The summed E-state index contributed by atoms with van der Waals surface area (Å²) < 4.78 is 8.10. The number of hydrogen-bond donors (Lipinski definition) is 2. The molecule has 0 radical (unpaired) electrons. The van der Waals surface area contributed by atoms with Gasteiger partial charge in [0.05, 0.1) is 19.1 Å². The van der Waals surface area contributed by atoms with Crippen LogP contribution in [0.3, 0.4) is 0 Å². The van der Waals surface area contributed by atoms with Crippen molar-refractivity contribution in [1.29, 1.82) is 0 Å². The van der Waals surface area contributed by atoms with Gasteiger partial charge in [0.15, 0.2) is 5.69 Å². The van der Waals surface area contributed by atoms with Crippen molar-refractivity contribution in [3.8, 4) is 33.6 Å². The molecule has 0 unspecified atom stereocenters. The Bertz CT molecular complexity index is 1480. The van der Waals surface area contributed by atoms with Gasteiger partial charge in [-0.05, 0) is 50.3 Å². The summed E-state index contributed by atoms with van der Waals surface area (Å²) in [5.41, 5.74) is 5.21. The number of unbranched alkanes of at least 4 members (excludes halogenated alkanes) is 1. The Kier molecular flexibility index (Phi) is 6.40. The van der Waals surface area contributed by atoms with Crippen molar-refractivity contribution >= 4 is 33.5 Å². The van der Waals surface area contributed by atoms with Gasteiger partial charge in [-0.15, -0.1) is 10.2 Å². The van der Waals surface area contributed by atoms with Crippen LogP contribution in [0.5, 0.6) is 0 Å². The Balaban J connectivity index is 1.74. The highest BCUT2D eigenvalue weighted by Crippen LogP contribution is 2.48. The number of imidazole rings is 1. The number of nitrogens with zero attached hydrogens (tertiary/aromatic N) is 5. The number of carbonyl (C=O) groups is 1. The van der Waals surface area contributed by atoms with E-state index in [0.29, 0.717) is 24.6 Å². The Labute approximate surface area is 213 Å². The number of aromatic carboxylic acids is 1. The lowest BCUT2D eigenvalue weighted by Gasteiger charge is -2.14. The first-order valence-electron chi connectivity index (χ1n) is 11.0. The maximum Gasteiger partial charge on any atom is 0.357 e. The highest BCUT2D eigenvalue weighted by atomic mass is 79.9. The maximum absolute atomic E-state index is 11.8. The third kappa shape index (κ3) is 4.12. The van der Waals surface area contributed by atoms with Crippen molar-refractivity contribution in [2.75, 3.05) is 0 Å². The van der Waals surface area contributed by atoms with E-state index in [-0.39, 0.29) is 10.8 Å². The van der Waals surface area contributed by atoms with Crippen LogP contribution in [0.2, 0.25) is 5.15 Å². The minimum atomic E-state index is -1.15. The molecule has 0 saturated carbocycles. The van der Waals surface area contributed by atoms with Crippen LogP contribution < -0.4 is 0 Å². The number of tetrazole rings is 1. The summed E-state index contributed by atoms with van der Waals surface area (Å²) in [6.07, 6.45) is 5.73. The van der Waals surface area contributed by atoms with Crippen molar-refractivity contribution in [2.24, 2.45) is 0 Å². The smallest absolute Gasteiger partial charge is 0.357 e. The fourth-order valence-corrected chi connectivity index (χ4v) is 5.32. The molecule has 2 N–H and O–H groups in total. The van der Waals surface area contributed by atoms with Crippen molar-refractivity contribution < 1.29 is 14.3 Å². The van der Waals surface area contributed by atoms with Crippen LogP contribution in [0, 0.1) is 0 Å². The lowest BCUT2D eigenvalue weighted by Crippen LogP contribution is -2.07. The number of hydrogen-bond acceptors (Lipinski definition) is 6. The molecule has 11 heteroatoms.